The molecule has 0 saturated heterocycles. The third-order valence-electron chi connectivity index (χ3n) is 4.15. The molecule has 0 aliphatic heterocycles. The molecule has 0 aliphatic rings. The van der Waals surface area contributed by atoms with Crippen LogP contribution in [0, 0.1) is 6.42 Å². The van der Waals surface area contributed by atoms with Crippen LogP contribution in [0.3, 0.4) is 0 Å². The van der Waals surface area contributed by atoms with Gasteiger partial charge in [-0.2, -0.15) is 0 Å². The highest BCUT2D eigenvalue weighted by Gasteiger charge is 2.01. The molecule has 0 bridgehead atoms. The van der Waals surface area contributed by atoms with E-state index in [0.717, 1.165) is 12.8 Å². The molecule has 0 heterocycles. The standard InChI is InChI=1S/C20H39O2/c1-3-5-7-8-9-10-11-12-13-14-15-16-17-18-20(21)22-19-6-4-2/h4H,3,5-19H2,1-2H3. The summed E-state index contributed by atoms with van der Waals surface area (Å²) >= 11 is 0. The lowest BCUT2D eigenvalue weighted by atomic mass is 10.0. The number of unbranched alkanes of at least 4 members (excludes halogenated alkanes) is 13. The summed E-state index contributed by atoms with van der Waals surface area (Å²) < 4.78 is 5.12. The summed E-state index contributed by atoms with van der Waals surface area (Å²) in [7, 11) is 0. The zero-order valence-corrected chi connectivity index (χ0v) is 15.2. The first-order valence-electron chi connectivity index (χ1n) is 9.74. The number of hydrogen-bond acceptors (Lipinski definition) is 2. The molecule has 0 aromatic carbocycles. The van der Waals surface area contributed by atoms with Crippen molar-refractivity contribution >= 4 is 5.97 Å². The van der Waals surface area contributed by atoms with E-state index in [4.69, 9.17) is 4.74 Å². The van der Waals surface area contributed by atoms with E-state index in [-0.39, 0.29) is 5.97 Å². The number of ether oxygens (including phenoxy) is 1. The maximum Gasteiger partial charge on any atom is 0.305 e. The second-order valence-electron chi connectivity index (χ2n) is 6.41. The van der Waals surface area contributed by atoms with Crippen LogP contribution in [0.15, 0.2) is 0 Å². The fourth-order valence-electron chi connectivity index (χ4n) is 2.65. The van der Waals surface area contributed by atoms with E-state index in [1.165, 1.54) is 77.0 Å². The van der Waals surface area contributed by atoms with Crippen LogP contribution < -0.4 is 0 Å². The van der Waals surface area contributed by atoms with Crippen LogP contribution in [-0.2, 0) is 9.53 Å². The summed E-state index contributed by atoms with van der Waals surface area (Å²) in [6.45, 7) is 4.81. The molecule has 0 atom stereocenters. The van der Waals surface area contributed by atoms with Crippen LogP contribution in [-0.4, -0.2) is 12.6 Å². The van der Waals surface area contributed by atoms with Gasteiger partial charge in [0.2, 0.25) is 0 Å². The van der Waals surface area contributed by atoms with Gasteiger partial charge in [-0.05, 0) is 19.3 Å². The molecule has 0 unspecified atom stereocenters. The first kappa shape index (κ1) is 21.5. The van der Waals surface area contributed by atoms with Crippen LogP contribution >= 0.6 is 0 Å². The summed E-state index contributed by atoms with van der Waals surface area (Å²) in [4.78, 5) is 11.4. The van der Waals surface area contributed by atoms with E-state index in [9.17, 15) is 4.79 Å². The number of esters is 1. The van der Waals surface area contributed by atoms with Crippen molar-refractivity contribution in [3.63, 3.8) is 0 Å². The lowest BCUT2D eigenvalue weighted by Crippen LogP contribution is -2.05. The van der Waals surface area contributed by atoms with Crippen LogP contribution in [0.1, 0.15) is 110 Å². The third kappa shape index (κ3) is 17.5. The predicted octanol–water partition coefficient (Wildman–Crippen LogP) is 6.63. The van der Waals surface area contributed by atoms with E-state index in [1.807, 2.05) is 13.3 Å². The minimum Gasteiger partial charge on any atom is -0.466 e. The van der Waals surface area contributed by atoms with Gasteiger partial charge in [0, 0.05) is 6.42 Å². The molecular weight excluding hydrogens is 272 g/mol. The van der Waals surface area contributed by atoms with Gasteiger partial charge in [-0.1, -0.05) is 90.9 Å². The fraction of sp³-hybridized carbons (Fsp3) is 0.900. The van der Waals surface area contributed by atoms with Gasteiger partial charge < -0.3 is 4.74 Å². The summed E-state index contributed by atoms with van der Waals surface area (Å²) in [5.41, 5.74) is 0. The van der Waals surface area contributed by atoms with Crippen LogP contribution in [0.5, 0.6) is 0 Å². The fourth-order valence-corrected chi connectivity index (χ4v) is 2.65. The average Bonchev–Trinajstić information content (AvgIpc) is 2.52. The Morgan fingerprint density at radius 3 is 1.68 bits per heavy atom. The Balaban J connectivity index is 3.06. The topological polar surface area (TPSA) is 26.3 Å². The molecule has 2 nitrogen and oxygen atoms in total. The summed E-state index contributed by atoms with van der Waals surface area (Å²) in [5.74, 6) is -0.0232. The lowest BCUT2D eigenvalue weighted by Gasteiger charge is -2.04. The van der Waals surface area contributed by atoms with Gasteiger partial charge in [-0.15, -0.1) is 0 Å². The highest BCUT2D eigenvalue weighted by Crippen LogP contribution is 2.13. The van der Waals surface area contributed by atoms with Gasteiger partial charge in [0.25, 0.3) is 0 Å². The largest absolute Gasteiger partial charge is 0.466 e. The van der Waals surface area contributed by atoms with Crippen LogP contribution in [0.4, 0.5) is 0 Å². The van der Waals surface area contributed by atoms with Gasteiger partial charge in [0.1, 0.15) is 0 Å². The first-order chi connectivity index (χ1) is 10.8. The Bertz CT molecular complexity index is 226. The second kappa shape index (κ2) is 18.5. The van der Waals surface area contributed by atoms with Crippen molar-refractivity contribution in [3.05, 3.63) is 6.42 Å². The van der Waals surface area contributed by atoms with Crippen molar-refractivity contribution in [1.82, 2.24) is 0 Å². The van der Waals surface area contributed by atoms with Gasteiger partial charge in [0.15, 0.2) is 0 Å². The van der Waals surface area contributed by atoms with Crippen molar-refractivity contribution in [2.75, 3.05) is 6.61 Å². The monoisotopic (exact) mass is 311 g/mol. The highest BCUT2D eigenvalue weighted by molar-refractivity contribution is 5.69. The summed E-state index contributed by atoms with van der Waals surface area (Å²) in [6, 6.07) is 0. The Hall–Kier alpha value is -0.530. The van der Waals surface area contributed by atoms with Gasteiger partial charge in [-0.3, -0.25) is 4.79 Å². The Kier molecular flexibility index (Phi) is 18.1. The highest BCUT2D eigenvalue weighted by atomic mass is 16.5. The summed E-state index contributed by atoms with van der Waals surface area (Å²) in [6.07, 6.45) is 20.9. The smallest absolute Gasteiger partial charge is 0.305 e. The van der Waals surface area contributed by atoms with Gasteiger partial charge in [-0.25, -0.2) is 0 Å². The predicted molar refractivity (Wildman–Crippen MR) is 95.9 cm³/mol. The minimum atomic E-state index is -0.0232. The van der Waals surface area contributed by atoms with Crippen LogP contribution in [0.2, 0.25) is 0 Å². The maximum atomic E-state index is 11.4. The average molecular weight is 312 g/mol. The van der Waals surface area contributed by atoms with E-state index in [2.05, 4.69) is 6.92 Å². The second-order valence-corrected chi connectivity index (χ2v) is 6.41. The third-order valence-corrected chi connectivity index (χ3v) is 4.15. The molecule has 2 heteroatoms. The van der Waals surface area contributed by atoms with Crippen molar-refractivity contribution in [2.24, 2.45) is 0 Å². The van der Waals surface area contributed by atoms with Crippen molar-refractivity contribution < 1.29 is 9.53 Å². The van der Waals surface area contributed by atoms with Crippen molar-refractivity contribution in [3.8, 4) is 0 Å². The number of hydrogen-bond donors (Lipinski definition) is 0. The molecule has 0 aromatic rings. The molecule has 0 aliphatic carbocycles. The Morgan fingerprint density at radius 2 is 1.23 bits per heavy atom. The van der Waals surface area contributed by atoms with Gasteiger partial charge in [0.05, 0.1) is 6.61 Å². The molecule has 1 radical (unpaired) electrons. The van der Waals surface area contributed by atoms with Crippen molar-refractivity contribution in [2.45, 2.75) is 110 Å². The van der Waals surface area contributed by atoms with Gasteiger partial charge >= 0.3 is 5.97 Å². The molecule has 0 saturated carbocycles. The number of carbonyl (C=O) groups is 1. The molecule has 0 amide bonds. The minimum absolute atomic E-state index is 0.0232. The van der Waals surface area contributed by atoms with E-state index >= 15 is 0 Å². The summed E-state index contributed by atoms with van der Waals surface area (Å²) in [5, 5.41) is 0. The van der Waals surface area contributed by atoms with E-state index in [1.54, 1.807) is 0 Å². The zero-order chi connectivity index (χ0) is 16.3. The number of rotatable bonds is 17. The lowest BCUT2D eigenvalue weighted by molar-refractivity contribution is -0.143. The molecule has 0 N–H and O–H groups in total. The molecule has 0 spiro atoms. The maximum absolute atomic E-state index is 11.4. The Morgan fingerprint density at radius 1 is 0.773 bits per heavy atom. The molecule has 0 rings (SSSR count). The van der Waals surface area contributed by atoms with Crippen molar-refractivity contribution in [1.29, 1.82) is 0 Å². The molecule has 22 heavy (non-hydrogen) atoms. The molecule has 0 aromatic heterocycles. The molecule has 131 valence electrons. The quantitative estimate of drug-likeness (QED) is 0.223. The number of carbonyl (C=O) groups excluding carboxylic acids is 1. The SMILES string of the molecule is C[CH]CCOC(=O)CCCCCCCCCCCCCCC. The zero-order valence-electron chi connectivity index (χ0n) is 15.2. The van der Waals surface area contributed by atoms with E-state index < -0.39 is 0 Å². The Labute approximate surface area is 139 Å². The first-order valence-corrected chi connectivity index (χ1v) is 9.74. The van der Waals surface area contributed by atoms with E-state index in [0.29, 0.717) is 13.0 Å². The molecular formula is C20H39O2. The van der Waals surface area contributed by atoms with Crippen LogP contribution in [0.25, 0.3) is 0 Å². The molecule has 0 fully saturated rings. The normalized spacial score (nSPS) is 10.8.